The largest absolute Gasteiger partial charge is 0.306 e. The van der Waals surface area contributed by atoms with Crippen LogP contribution >= 0.6 is 0 Å². The summed E-state index contributed by atoms with van der Waals surface area (Å²) in [6, 6.07) is 8.35. The second-order valence-corrected chi connectivity index (χ2v) is 3.75. The summed E-state index contributed by atoms with van der Waals surface area (Å²) in [6.07, 6.45) is 7.34. The lowest BCUT2D eigenvalue weighted by atomic mass is 10.1. The Labute approximate surface area is 95.6 Å². The standard InChI is InChI=1S/C13H15N3/c1-11(13-5-3-7-15-10-13)16-9-12-4-2-6-14-8-12/h2-8,10-11,16H,9H2,1H3/t11-/m1/s1. The molecule has 82 valence electrons. The van der Waals surface area contributed by atoms with Gasteiger partial charge in [-0.3, -0.25) is 9.97 Å². The molecule has 1 atom stereocenters. The average Bonchev–Trinajstić information content (AvgIpc) is 2.38. The van der Waals surface area contributed by atoms with Crippen molar-refractivity contribution in [1.29, 1.82) is 0 Å². The van der Waals surface area contributed by atoms with Gasteiger partial charge in [-0.1, -0.05) is 12.1 Å². The first-order valence-corrected chi connectivity index (χ1v) is 5.38. The summed E-state index contributed by atoms with van der Waals surface area (Å²) in [5.74, 6) is 0. The van der Waals surface area contributed by atoms with E-state index in [-0.39, 0.29) is 0 Å². The van der Waals surface area contributed by atoms with E-state index >= 15 is 0 Å². The maximum absolute atomic E-state index is 4.11. The highest BCUT2D eigenvalue weighted by Crippen LogP contribution is 2.10. The SMILES string of the molecule is C[C@@H](NCc1cccnc1)c1cccnc1. The number of pyridine rings is 2. The van der Waals surface area contributed by atoms with Crippen molar-refractivity contribution in [3.8, 4) is 0 Å². The summed E-state index contributed by atoms with van der Waals surface area (Å²) in [5.41, 5.74) is 2.39. The minimum absolute atomic E-state index is 0.300. The molecule has 0 aliphatic heterocycles. The van der Waals surface area contributed by atoms with Crippen LogP contribution in [0.15, 0.2) is 49.1 Å². The van der Waals surface area contributed by atoms with Crippen LogP contribution in [0.3, 0.4) is 0 Å². The molecule has 0 bridgehead atoms. The Kier molecular flexibility index (Phi) is 3.62. The molecule has 0 spiro atoms. The average molecular weight is 213 g/mol. The molecule has 0 aliphatic carbocycles. The zero-order valence-electron chi connectivity index (χ0n) is 9.30. The van der Waals surface area contributed by atoms with E-state index < -0.39 is 0 Å². The smallest absolute Gasteiger partial charge is 0.0315 e. The molecule has 0 amide bonds. The third-order valence-corrected chi connectivity index (χ3v) is 2.52. The first-order chi connectivity index (χ1) is 7.86. The van der Waals surface area contributed by atoms with Crippen LogP contribution in [-0.4, -0.2) is 9.97 Å². The van der Waals surface area contributed by atoms with E-state index in [1.807, 2.05) is 24.5 Å². The quantitative estimate of drug-likeness (QED) is 0.847. The molecular weight excluding hydrogens is 198 g/mol. The Morgan fingerprint density at radius 3 is 2.50 bits per heavy atom. The van der Waals surface area contributed by atoms with Crippen molar-refractivity contribution < 1.29 is 0 Å². The van der Waals surface area contributed by atoms with Crippen LogP contribution in [-0.2, 0) is 6.54 Å². The lowest BCUT2D eigenvalue weighted by molar-refractivity contribution is 0.572. The molecular formula is C13H15N3. The van der Waals surface area contributed by atoms with Gasteiger partial charge in [0.05, 0.1) is 0 Å². The number of nitrogens with one attached hydrogen (secondary N) is 1. The number of hydrogen-bond acceptors (Lipinski definition) is 3. The molecule has 16 heavy (non-hydrogen) atoms. The first-order valence-electron chi connectivity index (χ1n) is 5.38. The number of nitrogens with zero attached hydrogens (tertiary/aromatic N) is 2. The van der Waals surface area contributed by atoms with E-state index in [0.29, 0.717) is 6.04 Å². The van der Waals surface area contributed by atoms with Crippen molar-refractivity contribution in [3.05, 3.63) is 60.2 Å². The molecule has 3 heteroatoms. The van der Waals surface area contributed by atoms with E-state index in [1.165, 1.54) is 11.1 Å². The Balaban J connectivity index is 1.92. The second kappa shape index (κ2) is 5.37. The molecule has 2 heterocycles. The number of hydrogen-bond donors (Lipinski definition) is 1. The van der Waals surface area contributed by atoms with Crippen molar-refractivity contribution >= 4 is 0 Å². The van der Waals surface area contributed by atoms with Crippen molar-refractivity contribution in [3.63, 3.8) is 0 Å². The fourth-order valence-electron chi connectivity index (χ4n) is 1.52. The van der Waals surface area contributed by atoms with Crippen molar-refractivity contribution in [2.24, 2.45) is 0 Å². The first kappa shape index (κ1) is 10.8. The zero-order chi connectivity index (χ0) is 11.2. The molecule has 0 aromatic carbocycles. The molecule has 2 rings (SSSR count). The lowest BCUT2D eigenvalue weighted by Crippen LogP contribution is -2.18. The highest BCUT2D eigenvalue weighted by molar-refractivity contribution is 5.14. The maximum atomic E-state index is 4.11. The van der Waals surface area contributed by atoms with Crippen LogP contribution in [0, 0.1) is 0 Å². The van der Waals surface area contributed by atoms with Gasteiger partial charge in [-0.25, -0.2) is 0 Å². The molecule has 0 fully saturated rings. The van der Waals surface area contributed by atoms with Gasteiger partial charge >= 0.3 is 0 Å². The summed E-state index contributed by atoms with van der Waals surface area (Å²) in [4.78, 5) is 8.19. The molecule has 0 unspecified atom stereocenters. The predicted octanol–water partition coefficient (Wildman–Crippen LogP) is 2.33. The van der Waals surface area contributed by atoms with E-state index in [9.17, 15) is 0 Å². The molecule has 1 N–H and O–H groups in total. The molecule has 2 aromatic rings. The Hall–Kier alpha value is -1.74. The minimum Gasteiger partial charge on any atom is -0.306 e. The van der Waals surface area contributed by atoms with Crippen LogP contribution in [0.4, 0.5) is 0 Å². The van der Waals surface area contributed by atoms with Crippen LogP contribution in [0.25, 0.3) is 0 Å². The van der Waals surface area contributed by atoms with Gasteiger partial charge in [-0.15, -0.1) is 0 Å². The van der Waals surface area contributed by atoms with E-state index in [0.717, 1.165) is 6.54 Å². The van der Waals surface area contributed by atoms with Crippen LogP contribution < -0.4 is 5.32 Å². The normalized spacial score (nSPS) is 12.3. The lowest BCUT2D eigenvalue weighted by Gasteiger charge is -2.13. The Morgan fingerprint density at radius 1 is 1.12 bits per heavy atom. The predicted molar refractivity (Wildman–Crippen MR) is 63.7 cm³/mol. The molecule has 0 saturated carbocycles. The van der Waals surface area contributed by atoms with E-state index in [1.54, 1.807) is 12.4 Å². The molecule has 0 radical (unpaired) electrons. The topological polar surface area (TPSA) is 37.8 Å². The highest BCUT2D eigenvalue weighted by atomic mass is 14.9. The van der Waals surface area contributed by atoms with Crippen molar-refractivity contribution in [1.82, 2.24) is 15.3 Å². The number of rotatable bonds is 4. The maximum Gasteiger partial charge on any atom is 0.0315 e. The third-order valence-electron chi connectivity index (χ3n) is 2.52. The fraction of sp³-hybridized carbons (Fsp3) is 0.231. The summed E-state index contributed by atoms with van der Waals surface area (Å²) >= 11 is 0. The molecule has 3 nitrogen and oxygen atoms in total. The molecule has 2 aromatic heterocycles. The van der Waals surface area contributed by atoms with Crippen molar-refractivity contribution in [2.75, 3.05) is 0 Å². The van der Waals surface area contributed by atoms with Gasteiger partial charge < -0.3 is 5.32 Å². The highest BCUT2D eigenvalue weighted by Gasteiger charge is 2.03. The zero-order valence-corrected chi connectivity index (χ0v) is 9.30. The van der Waals surface area contributed by atoms with Gasteiger partial charge in [-0.2, -0.15) is 0 Å². The molecule has 0 aliphatic rings. The number of aromatic nitrogens is 2. The van der Waals surface area contributed by atoms with Crippen LogP contribution in [0.1, 0.15) is 24.1 Å². The van der Waals surface area contributed by atoms with Gasteiger partial charge in [0.1, 0.15) is 0 Å². The fourth-order valence-corrected chi connectivity index (χ4v) is 1.52. The van der Waals surface area contributed by atoms with Crippen LogP contribution in [0.2, 0.25) is 0 Å². The van der Waals surface area contributed by atoms with Gasteiger partial charge in [0.2, 0.25) is 0 Å². The van der Waals surface area contributed by atoms with Crippen LogP contribution in [0.5, 0.6) is 0 Å². The molecule has 0 saturated heterocycles. The van der Waals surface area contributed by atoms with Gasteiger partial charge in [0.15, 0.2) is 0 Å². The third kappa shape index (κ3) is 2.87. The van der Waals surface area contributed by atoms with E-state index in [2.05, 4.69) is 34.3 Å². The summed E-state index contributed by atoms with van der Waals surface area (Å²) in [5, 5.41) is 3.44. The van der Waals surface area contributed by atoms with Crippen molar-refractivity contribution in [2.45, 2.75) is 19.5 Å². The van der Waals surface area contributed by atoms with Gasteiger partial charge in [0, 0.05) is 37.4 Å². The minimum atomic E-state index is 0.300. The Morgan fingerprint density at radius 2 is 1.88 bits per heavy atom. The van der Waals surface area contributed by atoms with Gasteiger partial charge in [-0.05, 0) is 30.2 Å². The Bertz CT molecular complexity index is 414. The summed E-state index contributed by atoms with van der Waals surface area (Å²) in [7, 11) is 0. The summed E-state index contributed by atoms with van der Waals surface area (Å²) in [6.45, 7) is 2.96. The summed E-state index contributed by atoms with van der Waals surface area (Å²) < 4.78 is 0. The second-order valence-electron chi connectivity index (χ2n) is 3.75. The van der Waals surface area contributed by atoms with E-state index in [4.69, 9.17) is 0 Å². The van der Waals surface area contributed by atoms with Gasteiger partial charge in [0.25, 0.3) is 0 Å². The monoisotopic (exact) mass is 213 g/mol.